The molecule has 2 amide bonds. The summed E-state index contributed by atoms with van der Waals surface area (Å²) in [5.74, 6) is -0.260. The third-order valence-corrected chi connectivity index (χ3v) is 2.96. The van der Waals surface area contributed by atoms with Gasteiger partial charge in [0.2, 0.25) is 11.8 Å². The van der Waals surface area contributed by atoms with E-state index in [2.05, 4.69) is 15.8 Å². The molecule has 1 aromatic carbocycles. The Hall–Kier alpha value is -2.17. The van der Waals surface area contributed by atoms with Crippen LogP contribution in [-0.4, -0.2) is 17.5 Å². The van der Waals surface area contributed by atoms with E-state index in [1.54, 1.807) is 6.92 Å². The van der Waals surface area contributed by atoms with Gasteiger partial charge in [0, 0.05) is 17.8 Å². The lowest BCUT2D eigenvalue weighted by Crippen LogP contribution is -2.21. The van der Waals surface area contributed by atoms with Crippen LogP contribution in [0, 0.1) is 6.92 Å². The van der Waals surface area contributed by atoms with E-state index in [4.69, 9.17) is 0 Å². The van der Waals surface area contributed by atoms with Crippen molar-refractivity contribution in [2.75, 3.05) is 5.32 Å². The van der Waals surface area contributed by atoms with Gasteiger partial charge in [-0.1, -0.05) is 31.5 Å². The topological polar surface area (TPSA) is 70.6 Å². The van der Waals surface area contributed by atoms with Crippen molar-refractivity contribution in [3.8, 4) is 0 Å². The van der Waals surface area contributed by atoms with Gasteiger partial charge in [0.25, 0.3) is 0 Å². The molecule has 5 nitrogen and oxygen atoms in total. The molecular formula is C16H23N3O2. The average Bonchev–Trinajstić information content (AvgIpc) is 2.45. The summed E-state index contributed by atoms with van der Waals surface area (Å²) in [5, 5.41) is 6.77. The number of amides is 2. The molecule has 5 heteroatoms. The van der Waals surface area contributed by atoms with Gasteiger partial charge in [0.05, 0.1) is 6.42 Å². The fraction of sp³-hybridized carbons (Fsp3) is 0.438. The molecule has 0 saturated carbocycles. The summed E-state index contributed by atoms with van der Waals surface area (Å²) in [6, 6.07) is 7.58. The number of benzene rings is 1. The van der Waals surface area contributed by atoms with Gasteiger partial charge in [-0.3, -0.25) is 9.59 Å². The largest absolute Gasteiger partial charge is 0.326 e. The lowest BCUT2D eigenvalue weighted by Gasteiger charge is -2.08. The monoisotopic (exact) mass is 289 g/mol. The molecular weight excluding hydrogens is 266 g/mol. The van der Waals surface area contributed by atoms with Gasteiger partial charge in [0.1, 0.15) is 0 Å². The Labute approximate surface area is 125 Å². The highest BCUT2D eigenvalue weighted by atomic mass is 16.2. The van der Waals surface area contributed by atoms with Crippen LogP contribution in [0.25, 0.3) is 0 Å². The Morgan fingerprint density at radius 2 is 1.90 bits per heavy atom. The maximum atomic E-state index is 11.9. The number of rotatable bonds is 7. The van der Waals surface area contributed by atoms with Gasteiger partial charge in [-0.15, -0.1) is 0 Å². The number of hydrogen-bond donors (Lipinski definition) is 2. The smallest absolute Gasteiger partial charge is 0.240 e. The van der Waals surface area contributed by atoms with E-state index in [1.165, 1.54) is 0 Å². The molecule has 0 aromatic heterocycles. The Morgan fingerprint density at radius 3 is 2.57 bits per heavy atom. The molecule has 21 heavy (non-hydrogen) atoms. The highest BCUT2D eigenvalue weighted by Gasteiger charge is 2.06. The van der Waals surface area contributed by atoms with Gasteiger partial charge < -0.3 is 5.32 Å². The van der Waals surface area contributed by atoms with Crippen LogP contribution in [0.15, 0.2) is 29.4 Å². The molecule has 0 fully saturated rings. The minimum Gasteiger partial charge on any atom is -0.326 e. The Kier molecular flexibility index (Phi) is 7.15. The summed E-state index contributed by atoms with van der Waals surface area (Å²) in [6.07, 6.45) is 2.42. The minimum atomic E-state index is -0.145. The zero-order chi connectivity index (χ0) is 15.7. The molecule has 0 heterocycles. The van der Waals surface area contributed by atoms with Crippen molar-refractivity contribution < 1.29 is 9.59 Å². The van der Waals surface area contributed by atoms with Crippen LogP contribution in [0.4, 0.5) is 5.69 Å². The van der Waals surface area contributed by atoms with Gasteiger partial charge in [-0.05, 0) is 31.9 Å². The molecule has 0 aliphatic heterocycles. The molecule has 0 saturated heterocycles. The van der Waals surface area contributed by atoms with Crippen molar-refractivity contribution in [1.29, 1.82) is 0 Å². The Balaban J connectivity index is 2.43. The van der Waals surface area contributed by atoms with Crippen LogP contribution < -0.4 is 10.7 Å². The Bertz CT molecular complexity index is 524. The summed E-state index contributed by atoms with van der Waals surface area (Å²) in [4.78, 5) is 23.3. The summed E-state index contributed by atoms with van der Waals surface area (Å²) in [5.41, 5.74) is 4.84. The maximum Gasteiger partial charge on any atom is 0.240 e. The second kappa shape index (κ2) is 8.89. The predicted octanol–water partition coefficient (Wildman–Crippen LogP) is 3.01. The first-order chi connectivity index (χ1) is 10.0. The predicted molar refractivity (Wildman–Crippen MR) is 85.2 cm³/mol. The normalized spacial score (nSPS) is 11.1. The van der Waals surface area contributed by atoms with Gasteiger partial charge >= 0.3 is 0 Å². The number of unbranched alkanes of at least 4 members (excludes halogenated alkanes) is 1. The van der Waals surface area contributed by atoms with Crippen molar-refractivity contribution in [3.63, 3.8) is 0 Å². The molecule has 0 aliphatic rings. The van der Waals surface area contributed by atoms with Crippen LogP contribution in [0.5, 0.6) is 0 Å². The number of carbonyl (C=O) groups is 2. The van der Waals surface area contributed by atoms with Crippen molar-refractivity contribution in [3.05, 3.63) is 29.8 Å². The Morgan fingerprint density at radius 1 is 1.19 bits per heavy atom. The highest BCUT2D eigenvalue weighted by Crippen LogP contribution is 2.13. The molecule has 114 valence electrons. The molecule has 1 aromatic rings. The molecule has 1 rings (SSSR count). The van der Waals surface area contributed by atoms with Crippen LogP contribution >= 0.6 is 0 Å². The first kappa shape index (κ1) is 16.9. The van der Waals surface area contributed by atoms with E-state index in [-0.39, 0.29) is 18.2 Å². The molecule has 0 atom stereocenters. The summed E-state index contributed by atoms with van der Waals surface area (Å²) >= 11 is 0. The zero-order valence-corrected chi connectivity index (χ0v) is 12.9. The van der Waals surface area contributed by atoms with E-state index >= 15 is 0 Å². The third-order valence-electron chi connectivity index (χ3n) is 2.96. The number of carbonyl (C=O) groups excluding carboxylic acids is 2. The molecule has 2 N–H and O–H groups in total. The van der Waals surface area contributed by atoms with E-state index < -0.39 is 0 Å². The summed E-state index contributed by atoms with van der Waals surface area (Å²) < 4.78 is 0. The third kappa shape index (κ3) is 6.70. The molecule has 0 unspecified atom stereocenters. The maximum absolute atomic E-state index is 11.9. The quantitative estimate of drug-likeness (QED) is 0.598. The first-order valence-corrected chi connectivity index (χ1v) is 7.20. The SMILES string of the molecule is CCCCC(=O)N/N=C(/C)CC(=O)Nc1ccccc1C. The van der Waals surface area contributed by atoms with Crippen LogP contribution in [-0.2, 0) is 9.59 Å². The lowest BCUT2D eigenvalue weighted by atomic mass is 10.2. The summed E-state index contributed by atoms with van der Waals surface area (Å²) in [7, 11) is 0. The number of nitrogens with zero attached hydrogens (tertiary/aromatic N) is 1. The standard InChI is InChI=1S/C16H23N3O2/c1-4-5-10-15(20)19-18-13(3)11-16(21)17-14-9-7-6-8-12(14)2/h6-9H,4-5,10-11H2,1-3H3,(H,17,21)(H,19,20)/b18-13-. The molecule has 0 radical (unpaired) electrons. The van der Waals surface area contributed by atoms with Gasteiger partial charge in [-0.25, -0.2) is 5.43 Å². The second-order valence-corrected chi connectivity index (χ2v) is 5.03. The van der Waals surface area contributed by atoms with E-state index in [0.29, 0.717) is 12.1 Å². The molecule has 0 bridgehead atoms. The van der Waals surface area contributed by atoms with Crippen molar-refractivity contribution in [2.45, 2.75) is 46.5 Å². The fourth-order valence-corrected chi connectivity index (χ4v) is 1.73. The van der Waals surface area contributed by atoms with E-state index in [9.17, 15) is 9.59 Å². The van der Waals surface area contributed by atoms with E-state index in [1.807, 2.05) is 38.1 Å². The first-order valence-electron chi connectivity index (χ1n) is 7.20. The van der Waals surface area contributed by atoms with Crippen molar-refractivity contribution in [1.82, 2.24) is 5.43 Å². The summed E-state index contributed by atoms with van der Waals surface area (Å²) in [6.45, 7) is 5.68. The zero-order valence-electron chi connectivity index (χ0n) is 12.9. The number of nitrogens with one attached hydrogen (secondary N) is 2. The van der Waals surface area contributed by atoms with Gasteiger partial charge in [0.15, 0.2) is 0 Å². The number of para-hydroxylation sites is 1. The number of hydrogen-bond acceptors (Lipinski definition) is 3. The number of aryl methyl sites for hydroxylation is 1. The molecule has 0 spiro atoms. The van der Waals surface area contributed by atoms with Crippen LogP contribution in [0.2, 0.25) is 0 Å². The number of hydrazone groups is 1. The van der Waals surface area contributed by atoms with Gasteiger partial charge in [-0.2, -0.15) is 5.10 Å². The van der Waals surface area contributed by atoms with Crippen LogP contribution in [0.3, 0.4) is 0 Å². The highest BCUT2D eigenvalue weighted by molar-refractivity contribution is 6.05. The fourth-order valence-electron chi connectivity index (χ4n) is 1.73. The number of anilines is 1. The molecule has 0 aliphatic carbocycles. The van der Waals surface area contributed by atoms with Crippen molar-refractivity contribution >= 4 is 23.2 Å². The average molecular weight is 289 g/mol. The minimum absolute atomic E-state index is 0.115. The lowest BCUT2D eigenvalue weighted by molar-refractivity contribution is -0.121. The second-order valence-electron chi connectivity index (χ2n) is 5.03. The van der Waals surface area contributed by atoms with Crippen LogP contribution in [0.1, 0.15) is 45.1 Å². The van der Waals surface area contributed by atoms with Crippen molar-refractivity contribution in [2.24, 2.45) is 5.10 Å². The van der Waals surface area contributed by atoms with E-state index in [0.717, 1.165) is 24.1 Å².